The molecule has 0 aromatic heterocycles. The average Bonchev–Trinajstić information content (AvgIpc) is 2.99. The van der Waals surface area contributed by atoms with Crippen LogP contribution in [0.25, 0.3) is 0 Å². The quantitative estimate of drug-likeness (QED) is 0.829. The maximum Gasteiger partial charge on any atom is 0.124 e. The topological polar surface area (TPSA) is 12.0 Å². The Morgan fingerprint density at radius 3 is 2.65 bits per heavy atom. The molecule has 20 heavy (non-hydrogen) atoms. The summed E-state index contributed by atoms with van der Waals surface area (Å²) < 4.78 is 14.2. The summed E-state index contributed by atoms with van der Waals surface area (Å²) in [7, 11) is 0. The van der Waals surface area contributed by atoms with E-state index >= 15 is 0 Å². The average molecular weight is 340 g/mol. The molecular weight excluding hydrogens is 317 g/mol. The molecule has 3 rings (SSSR count). The van der Waals surface area contributed by atoms with E-state index in [-0.39, 0.29) is 5.82 Å². The lowest BCUT2D eigenvalue weighted by molar-refractivity contribution is 0.241. The molecule has 0 radical (unpaired) electrons. The van der Waals surface area contributed by atoms with Crippen LogP contribution in [0.4, 0.5) is 4.39 Å². The second-order valence-electron chi connectivity index (χ2n) is 7.11. The lowest BCUT2D eigenvalue weighted by atomic mass is 9.77. The highest BCUT2D eigenvalue weighted by molar-refractivity contribution is 9.10. The first-order valence-electron chi connectivity index (χ1n) is 7.65. The van der Waals surface area contributed by atoms with Crippen LogP contribution in [-0.2, 0) is 6.42 Å². The third-order valence-electron chi connectivity index (χ3n) is 4.93. The number of benzene rings is 1. The molecule has 0 bridgehead atoms. The molecule has 1 N–H and O–H groups in total. The number of hydrogen-bond donors (Lipinski definition) is 1. The third-order valence-corrected chi connectivity index (χ3v) is 5.66. The van der Waals surface area contributed by atoms with Crippen molar-refractivity contribution in [2.75, 3.05) is 6.54 Å². The predicted molar refractivity (Wildman–Crippen MR) is 84.2 cm³/mol. The highest BCUT2D eigenvalue weighted by atomic mass is 79.9. The van der Waals surface area contributed by atoms with Crippen molar-refractivity contribution >= 4 is 15.9 Å². The lowest BCUT2D eigenvalue weighted by Gasteiger charge is -2.33. The van der Waals surface area contributed by atoms with Crippen molar-refractivity contribution in [3.8, 4) is 0 Å². The predicted octanol–water partition coefficient (Wildman–Crippen LogP) is 4.55. The van der Waals surface area contributed by atoms with Crippen molar-refractivity contribution in [1.29, 1.82) is 0 Å². The van der Waals surface area contributed by atoms with E-state index in [1.807, 2.05) is 6.07 Å². The van der Waals surface area contributed by atoms with Gasteiger partial charge in [-0.1, -0.05) is 35.8 Å². The van der Waals surface area contributed by atoms with Crippen molar-refractivity contribution in [2.45, 2.75) is 45.6 Å². The summed E-state index contributed by atoms with van der Waals surface area (Å²) in [5.41, 5.74) is 1.62. The van der Waals surface area contributed by atoms with E-state index in [0.717, 1.165) is 29.3 Å². The van der Waals surface area contributed by atoms with Crippen molar-refractivity contribution in [1.82, 2.24) is 5.32 Å². The van der Waals surface area contributed by atoms with Gasteiger partial charge in [0.25, 0.3) is 0 Å². The summed E-state index contributed by atoms with van der Waals surface area (Å²) in [6, 6.07) is 5.65. The fourth-order valence-corrected chi connectivity index (χ4v) is 4.34. The summed E-state index contributed by atoms with van der Waals surface area (Å²) in [5, 5.41) is 3.63. The fourth-order valence-electron chi connectivity index (χ4n) is 3.85. The molecule has 110 valence electrons. The zero-order chi connectivity index (χ0) is 14.3. The van der Waals surface area contributed by atoms with Gasteiger partial charge in [0.15, 0.2) is 0 Å². The Morgan fingerprint density at radius 2 is 2.05 bits per heavy atom. The van der Waals surface area contributed by atoms with E-state index in [1.54, 1.807) is 12.1 Å². The second-order valence-corrected chi connectivity index (χ2v) is 7.97. The normalized spacial score (nSPS) is 31.6. The molecular formula is C17H23BrFN. The molecule has 0 spiro atoms. The van der Waals surface area contributed by atoms with E-state index in [0.29, 0.717) is 11.5 Å². The van der Waals surface area contributed by atoms with Gasteiger partial charge in [0.2, 0.25) is 0 Å². The fraction of sp³-hybridized carbons (Fsp3) is 0.647. The summed E-state index contributed by atoms with van der Waals surface area (Å²) in [5.74, 6) is 1.76. The van der Waals surface area contributed by atoms with Gasteiger partial charge in [-0.05, 0) is 60.6 Å². The van der Waals surface area contributed by atoms with Crippen LogP contribution in [0.1, 0.15) is 38.7 Å². The molecule has 0 heterocycles. The monoisotopic (exact) mass is 339 g/mol. The second kappa shape index (κ2) is 5.42. The van der Waals surface area contributed by atoms with Crippen LogP contribution in [0.5, 0.6) is 0 Å². The minimum Gasteiger partial charge on any atom is -0.314 e. The molecule has 3 heteroatoms. The maximum atomic E-state index is 13.2. The molecule has 0 aliphatic heterocycles. The van der Waals surface area contributed by atoms with E-state index in [9.17, 15) is 4.39 Å². The zero-order valence-corrected chi connectivity index (χ0v) is 13.8. The van der Waals surface area contributed by atoms with Gasteiger partial charge in [0, 0.05) is 17.1 Å². The van der Waals surface area contributed by atoms with Crippen LogP contribution in [-0.4, -0.2) is 12.6 Å². The molecule has 2 unspecified atom stereocenters. The van der Waals surface area contributed by atoms with Crippen molar-refractivity contribution in [3.05, 3.63) is 34.1 Å². The minimum atomic E-state index is -0.163. The number of fused-ring (bicyclic) bond motifs is 1. The standard InChI is InChI=1S/C17H23BrFN/c1-11(2)20-10-17(8-13-5-14(13)9-17)7-12-3-4-15(19)6-16(12)18/h3-4,6,11,13-14,20H,5,7-10H2,1-2H3. The summed E-state index contributed by atoms with van der Waals surface area (Å²) in [6.07, 6.45) is 5.16. The van der Waals surface area contributed by atoms with E-state index in [2.05, 4.69) is 35.1 Å². The number of rotatable bonds is 5. The Kier molecular flexibility index (Phi) is 3.93. The van der Waals surface area contributed by atoms with Crippen LogP contribution in [0.3, 0.4) is 0 Å². The first-order valence-corrected chi connectivity index (χ1v) is 8.44. The van der Waals surface area contributed by atoms with E-state index in [1.165, 1.54) is 24.8 Å². The Balaban J connectivity index is 1.76. The molecule has 2 aliphatic carbocycles. The summed E-state index contributed by atoms with van der Waals surface area (Å²) in [4.78, 5) is 0. The van der Waals surface area contributed by atoms with Crippen LogP contribution < -0.4 is 5.32 Å². The molecule has 1 aromatic carbocycles. The van der Waals surface area contributed by atoms with Gasteiger partial charge >= 0.3 is 0 Å². The molecule has 0 saturated heterocycles. The first-order chi connectivity index (χ1) is 9.47. The summed E-state index contributed by atoms with van der Waals surface area (Å²) >= 11 is 3.52. The van der Waals surface area contributed by atoms with E-state index in [4.69, 9.17) is 0 Å². The zero-order valence-electron chi connectivity index (χ0n) is 12.3. The molecule has 2 aliphatic rings. The van der Waals surface area contributed by atoms with Gasteiger partial charge in [-0.15, -0.1) is 0 Å². The van der Waals surface area contributed by atoms with Gasteiger partial charge in [-0.25, -0.2) is 4.39 Å². The smallest absolute Gasteiger partial charge is 0.124 e. The molecule has 2 saturated carbocycles. The number of hydrogen-bond acceptors (Lipinski definition) is 1. The van der Waals surface area contributed by atoms with Gasteiger partial charge in [-0.2, -0.15) is 0 Å². The van der Waals surface area contributed by atoms with Gasteiger partial charge in [-0.3, -0.25) is 0 Å². The first kappa shape index (κ1) is 14.5. The highest BCUT2D eigenvalue weighted by Gasteiger charge is 2.53. The Morgan fingerprint density at radius 1 is 1.35 bits per heavy atom. The Hall–Kier alpha value is -0.410. The molecule has 1 nitrogen and oxygen atoms in total. The number of nitrogens with one attached hydrogen (secondary N) is 1. The lowest BCUT2D eigenvalue weighted by Crippen LogP contribution is -2.38. The van der Waals surface area contributed by atoms with Crippen LogP contribution in [0.15, 0.2) is 22.7 Å². The Bertz CT molecular complexity index is 490. The molecule has 1 aromatic rings. The third kappa shape index (κ3) is 3.09. The van der Waals surface area contributed by atoms with Crippen molar-refractivity contribution in [3.63, 3.8) is 0 Å². The molecule has 0 amide bonds. The van der Waals surface area contributed by atoms with Gasteiger partial charge < -0.3 is 5.32 Å². The van der Waals surface area contributed by atoms with Crippen LogP contribution in [0.2, 0.25) is 0 Å². The summed E-state index contributed by atoms with van der Waals surface area (Å²) in [6.45, 7) is 5.50. The van der Waals surface area contributed by atoms with Crippen molar-refractivity contribution in [2.24, 2.45) is 17.3 Å². The largest absolute Gasteiger partial charge is 0.314 e. The maximum absolute atomic E-state index is 13.2. The van der Waals surface area contributed by atoms with E-state index < -0.39 is 0 Å². The molecule has 2 atom stereocenters. The van der Waals surface area contributed by atoms with Gasteiger partial charge in [0.05, 0.1) is 0 Å². The van der Waals surface area contributed by atoms with Crippen molar-refractivity contribution < 1.29 is 4.39 Å². The van der Waals surface area contributed by atoms with Gasteiger partial charge in [0.1, 0.15) is 5.82 Å². The highest BCUT2D eigenvalue weighted by Crippen LogP contribution is 2.60. The Labute approximate surface area is 129 Å². The minimum absolute atomic E-state index is 0.163. The van der Waals surface area contributed by atoms with Crippen LogP contribution in [0, 0.1) is 23.1 Å². The number of halogens is 2. The molecule has 2 fully saturated rings. The van der Waals surface area contributed by atoms with Crippen LogP contribution >= 0.6 is 15.9 Å². The SMILES string of the molecule is CC(C)NCC1(Cc2ccc(F)cc2Br)CC2CC2C1.